The van der Waals surface area contributed by atoms with E-state index in [0.29, 0.717) is 5.82 Å². The van der Waals surface area contributed by atoms with E-state index in [-0.39, 0.29) is 0 Å². The maximum atomic E-state index is 5.53. The minimum atomic E-state index is 0.700. The van der Waals surface area contributed by atoms with Crippen LogP contribution in [0.3, 0.4) is 0 Å². The van der Waals surface area contributed by atoms with Crippen LogP contribution in [0.1, 0.15) is 0 Å². The fraction of sp³-hybridized carbons (Fsp3) is 0. The molecule has 2 nitrogen and oxygen atoms in total. The largest absolute Gasteiger partial charge is 0.228 e. The molecule has 0 amide bonds. The molecular weight excluding hydrogens is 717 g/mol. The molecule has 4 heteroatoms. The van der Waals surface area contributed by atoms with Crippen molar-refractivity contribution in [3.8, 4) is 67.3 Å². The molecule has 0 bridgehead atoms. The van der Waals surface area contributed by atoms with Crippen molar-refractivity contribution in [3.05, 3.63) is 194 Å². The highest BCUT2D eigenvalue weighted by Crippen LogP contribution is 2.45. The van der Waals surface area contributed by atoms with Crippen LogP contribution in [-0.4, -0.2) is 9.97 Å². The molecule has 0 unspecified atom stereocenters. The number of aromatic nitrogens is 2. The van der Waals surface area contributed by atoms with E-state index in [2.05, 4.69) is 194 Å². The number of thiophene rings is 2. The number of hydrogen-bond acceptors (Lipinski definition) is 4. The number of rotatable bonds is 6. The quantitative estimate of drug-likeness (QED) is 0.169. The second kappa shape index (κ2) is 13.5. The smallest absolute Gasteiger partial charge is 0.161 e. The molecule has 3 aromatic heterocycles. The second-order valence-electron chi connectivity index (χ2n) is 14.1. The normalized spacial score (nSPS) is 11.6. The van der Waals surface area contributed by atoms with Gasteiger partial charge in [0.25, 0.3) is 0 Å². The van der Waals surface area contributed by atoms with Gasteiger partial charge >= 0.3 is 0 Å². The van der Waals surface area contributed by atoms with Gasteiger partial charge in [0.2, 0.25) is 0 Å². The number of benzene rings is 8. The number of hydrogen-bond donors (Lipinski definition) is 0. The first-order valence-corrected chi connectivity index (χ1v) is 20.5. The third-order valence-electron chi connectivity index (χ3n) is 10.8. The van der Waals surface area contributed by atoms with Crippen molar-refractivity contribution in [2.75, 3.05) is 0 Å². The SMILES string of the molecule is c1ccc(-c2ccc(-c3nc(-c4cccc5c4sc4ccccc45)cc(-c4cccc5c4sc4ccccc45)n3)c(-c3ccccc3-c3ccccc3)c2)cc1. The van der Waals surface area contributed by atoms with Gasteiger partial charge in [0.1, 0.15) is 0 Å². The van der Waals surface area contributed by atoms with Crippen LogP contribution in [-0.2, 0) is 0 Å². The summed E-state index contributed by atoms with van der Waals surface area (Å²) in [6.45, 7) is 0. The Morgan fingerprint density at radius 2 is 0.768 bits per heavy atom. The molecular formula is C52H32N2S2. The lowest BCUT2D eigenvalue weighted by Gasteiger charge is -2.17. The van der Waals surface area contributed by atoms with Gasteiger partial charge in [-0.25, -0.2) is 9.97 Å². The fourth-order valence-electron chi connectivity index (χ4n) is 8.10. The molecule has 0 aliphatic heterocycles. The van der Waals surface area contributed by atoms with Crippen LogP contribution in [0.2, 0.25) is 0 Å². The van der Waals surface area contributed by atoms with Crippen molar-refractivity contribution in [2.24, 2.45) is 0 Å². The van der Waals surface area contributed by atoms with E-state index in [4.69, 9.17) is 9.97 Å². The summed E-state index contributed by atoms with van der Waals surface area (Å²) in [4.78, 5) is 11.1. The summed E-state index contributed by atoms with van der Waals surface area (Å²) in [5.74, 6) is 0.700. The molecule has 0 aliphatic rings. The lowest BCUT2D eigenvalue weighted by molar-refractivity contribution is 1.19. The molecule has 0 atom stereocenters. The van der Waals surface area contributed by atoms with E-state index in [1.807, 2.05) is 22.7 Å². The van der Waals surface area contributed by atoms with Gasteiger partial charge in [0.05, 0.1) is 11.4 Å². The zero-order valence-electron chi connectivity index (χ0n) is 30.2. The van der Waals surface area contributed by atoms with E-state index in [0.717, 1.165) is 44.8 Å². The van der Waals surface area contributed by atoms with Crippen LogP contribution in [0.25, 0.3) is 108 Å². The fourth-order valence-corrected chi connectivity index (χ4v) is 10.6. The van der Waals surface area contributed by atoms with Gasteiger partial charge in [-0.3, -0.25) is 0 Å². The Kier molecular flexibility index (Phi) is 7.90. The molecule has 0 fully saturated rings. The summed E-state index contributed by atoms with van der Waals surface area (Å²) < 4.78 is 5.02. The zero-order valence-corrected chi connectivity index (χ0v) is 31.8. The summed E-state index contributed by atoms with van der Waals surface area (Å²) in [6, 6.07) is 69.6. The van der Waals surface area contributed by atoms with Gasteiger partial charge in [-0.1, -0.05) is 164 Å². The molecule has 0 radical (unpaired) electrons. The van der Waals surface area contributed by atoms with Crippen LogP contribution >= 0.6 is 22.7 Å². The highest BCUT2D eigenvalue weighted by atomic mass is 32.1. The first-order chi connectivity index (χ1) is 27.8. The predicted octanol–water partition coefficient (Wildman–Crippen LogP) is 15.2. The maximum absolute atomic E-state index is 5.53. The summed E-state index contributed by atoms with van der Waals surface area (Å²) in [7, 11) is 0. The van der Waals surface area contributed by atoms with Crippen LogP contribution in [0.5, 0.6) is 0 Å². The Balaban J connectivity index is 1.21. The third-order valence-corrected chi connectivity index (χ3v) is 13.2. The van der Waals surface area contributed by atoms with Gasteiger partial charge in [-0.15, -0.1) is 22.7 Å². The summed E-state index contributed by atoms with van der Waals surface area (Å²) in [5.41, 5.74) is 11.9. The molecule has 0 spiro atoms. The van der Waals surface area contributed by atoms with E-state index in [9.17, 15) is 0 Å². The molecule has 8 aromatic carbocycles. The molecule has 0 aliphatic carbocycles. The van der Waals surface area contributed by atoms with E-state index in [1.54, 1.807) is 0 Å². The number of nitrogens with zero attached hydrogens (tertiary/aromatic N) is 2. The highest BCUT2D eigenvalue weighted by Gasteiger charge is 2.21. The van der Waals surface area contributed by atoms with Gasteiger partial charge < -0.3 is 0 Å². The molecule has 0 saturated carbocycles. The van der Waals surface area contributed by atoms with Gasteiger partial charge in [0.15, 0.2) is 5.82 Å². The minimum absolute atomic E-state index is 0.700. The van der Waals surface area contributed by atoms with Crippen LogP contribution in [0.4, 0.5) is 0 Å². The molecule has 11 aromatic rings. The van der Waals surface area contributed by atoms with Crippen molar-refractivity contribution in [1.82, 2.24) is 9.97 Å². The standard InChI is InChI=1S/C52H32N2S2/c1-3-15-33(16-4-1)35-29-30-42(45(31-35)37-20-8-7-19-36(37)34-17-5-2-6-18-34)52-53-46(43-25-13-23-40-38-21-9-11-27-48(38)55-50(40)43)32-47(54-52)44-26-14-24-41-39-22-10-12-28-49(39)56-51(41)44/h1-32H. The second-order valence-corrected chi connectivity index (χ2v) is 16.2. The molecule has 56 heavy (non-hydrogen) atoms. The maximum Gasteiger partial charge on any atom is 0.161 e. The van der Waals surface area contributed by atoms with Crippen molar-refractivity contribution in [3.63, 3.8) is 0 Å². The summed E-state index contributed by atoms with van der Waals surface area (Å²) in [5, 5.41) is 5.05. The highest BCUT2D eigenvalue weighted by molar-refractivity contribution is 7.26. The van der Waals surface area contributed by atoms with Crippen LogP contribution < -0.4 is 0 Å². The number of fused-ring (bicyclic) bond motifs is 6. The van der Waals surface area contributed by atoms with E-state index >= 15 is 0 Å². The molecule has 3 heterocycles. The van der Waals surface area contributed by atoms with Crippen molar-refractivity contribution >= 4 is 63.0 Å². The summed E-state index contributed by atoms with van der Waals surface area (Å²) in [6.07, 6.45) is 0. The predicted molar refractivity (Wildman–Crippen MR) is 240 cm³/mol. The average Bonchev–Trinajstić information content (AvgIpc) is 3.85. The van der Waals surface area contributed by atoms with Crippen molar-refractivity contribution < 1.29 is 0 Å². The topological polar surface area (TPSA) is 25.8 Å². The summed E-state index contributed by atoms with van der Waals surface area (Å²) >= 11 is 3.67. The molecule has 11 rings (SSSR count). The minimum Gasteiger partial charge on any atom is -0.228 e. The Morgan fingerprint density at radius 1 is 0.286 bits per heavy atom. The average molecular weight is 749 g/mol. The molecule has 262 valence electrons. The van der Waals surface area contributed by atoms with Crippen molar-refractivity contribution in [2.45, 2.75) is 0 Å². The van der Waals surface area contributed by atoms with E-state index < -0.39 is 0 Å². The lowest BCUT2D eigenvalue weighted by atomic mass is 9.89. The Bertz CT molecular complexity index is 3120. The monoisotopic (exact) mass is 748 g/mol. The Labute approximate surface area is 332 Å². The third kappa shape index (κ3) is 5.53. The molecule has 0 N–H and O–H groups in total. The van der Waals surface area contributed by atoms with Gasteiger partial charge in [-0.2, -0.15) is 0 Å². The Hall–Kier alpha value is -6.72. The van der Waals surface area contributed by atoms with Gasteiger partial charge in [0, 0.05) is 57.0 Å². The van der Waals surface area contributed by atoms with Crippen LogP contribution in [0.15, 0.2) is 194 Å². The van der Waals surface area contributed by atoms with Crippen molar-refractivity contribution in [1.29, 1.82) is 0 Å². The Morgan fingerprint density at radius 3 is 1.38 bits per heavy atom. The van der Waals surface area contributed by atoms with Crippen LogP contribution in [0, 0.1) is 0 Å². The zero-order chi connectivity index (χ0) is 37.0. The lowest BCUT2D eigenvalue weighted by Crippen LogP contribution is -1.98. The first kappa shape index (κ1) is 32.7. The molecule has 0 saturated heterocycles. The van der Waals surface area contributed by atoms with E-state index in [1.165, 1.54) is 57.0 Å². The first-order valence-electron chi connectivity index (χ1n) is 18.8. The van der Waals surface area contributed by atoms with Gasteiger partial charge in [-0.05, 0) is 63.7 Å².